The number of methoxy groups -OCH3 is 1. The van der Waals surface area contributed by atoms with E-state index in [1.807, 2.05) is 41.3 Å². The van der Waals surface area contributed by atoms with Gasteiger partial charge in [-0.2, -0.15) is 5.10 Å². The van der Waals surface area contributed by atoms with Crippen molar-refractivity contribution in [1.29, 1.82) is 0 Å². The van der Waals surface area contributed by atoms with Crippen LogP contribution in [0.1, 0.15) is 23.7 Å². The Balaban J connectivity index is 1.73. The summed E-state index contributed by atoms with van der Waals surface area (Å²) < 4.78 is 7.32. The largest absolute Gasteiger partial charge is 0.497 e. The Morgan fingerprint density at radius 2 is 1.86 bits per heavy atom. The SMILES string of the molecule is COc1ccc(Cn2nc(-c3ccc(N)cc3)c3c2CCN(C(C)=O)C3)cc1. The van der Waals surface area contributed by atoms with Crippen molar-refractivity contribution < 1.29 is 9.53 Å². The number of nitrogens with two attached hydrogens (primary N) is 1. The van der Waals surface area contributed by atoms with E-state index in [0.717, 1.165) is 46.8 Å². The van der Waals surface area contributed by atoms with E-state index in [2.05, 4.69) is 16.8 Å². The maximum Gasteiger partial charge on any atom is 0.219 e. The number of ether oxygens (including phenoxy) is 1. The second-order valence-electron chi connectivity index (χ2n) is 7.09. The van der Waals surface area contributed by atoms with Crippen molar-refractivity contribution in [2.24, 2.45) is 0 Å². The van der Waals surface area contributed by atoms with Crippen LogP contribution in [0, 0.1) is 0 Å². The fourth-order valence-corrected chi connectivity index (χ4v) is 3.67. The molecule has 0 bridgehead atoms. The number of carbonyl (C=O) groups is 1. The molecule has 144 valence electrons. The van der Waals surface area contributed by atoms with Gasteiger partial charge in [0.25, 0.3) is 0 Å². The van der Waals surface area contributed by atoms with Gasteiger partial charge in [-0.15, -0.1) is 0 Å². The molecule has 28 heavy (non-hydrogen) atoms. The molecule has 0 unspecified atom stereocenters. The van der Waals surface area contributed by atoms with Gasteiger partial charge in [0, 0.05) is 48.9 Å². The minimum absolute atomic E-state index is 0.0943. The third-order valence-corrected chi connectivity index (χ3v) is 5.25. The molecule has 1 aliphatic heterocycles. The van der Waals surface area contributed by atoms with Crippen LogP contribution in [0.2, 0.25) is 0 Å². The molecule has 0 radical (unpaired) electrons. The summed E-state index contributed by atoms with van der Waals surface area (Å²) in [6, 6.07) is 15.8. The lowest BCUT2D eigenvalue weighted by atomic mass is 10.0. The lowest BCUT2D eigenvalue weighted by Crippen LogP contribution is -2.34. The molecule has 2 heterocycles. The molecule has 1 aromatic heterocycles. The van der Waals surface area contributed by atoms with Crippen LogP contribution in [0.5, 0.6) is 5.75 Å². The molecule has 2 aromatic carbocycles. The Hall–Kier alpha value is -3.28. The molecule has 2 N–H and O–H groups in total. The quantitative estimate of drug-likeness (QED) is 0.710. The number of amides is 1. The van der Waals surface area contributed by atoms with Gasteiger partial charge in [0.1, 0.15) is 5.75 Å². The molecule has 6 nitrogen and oxygen atoms in total. The van der Waals surface area contributed by atoms with Crippen molar-refractivity contribution in [3.8, 4) is 17.0 Å². The molecular formula is C22H24N4O2. The Bertz CT molecular complexity index is 991. The first kappa shape index (κ1) is 18.1. The van der Waals surface area contributed by atoms with E-state index in [4.69, 9.17) is 15.6 Å². The van der Waals surface area contributed by atoms with Crippen molar-refractivity contribution >= 4 is 11.6 Å². The number of nitrogen functional groups attached to an aromatic ring is 1. The van der Waals surface area contributed by atoms with Crippen LogP contribution in [-0.2, 0) is 24.3 Å². The topological polar surface area (TPSA) is 73.4 Å². The minimum Gasteiger partial charge on any atom is -0.497 e. The van der Waals surface area contributed by atoms with Gasteiger partial charge in [-0.25, -0.2) is 0 Å². The van der Waals surface area contributed by atoms with Crippen LogP contribution in [0.25, 0.3) is 11.3 Å². The molecule has 0 spiro atoms. The Labute approximate surface area is 164 Å². The highest BCUT2D eigenvalue weighted by molar-refractivity contribution is 5.75. The predicted molar refractivity (Wildman–Crippen MR) is 109 cm³/mol. The van der Waals surface area contributed by atoms with E-state index in [-0.39, 0.29) is 5.91 Å². The van der Waals surface area contributed by atoms with Gasteiger partial charge in [-0.05, 0) is 29.8 Å². The van der Waals surface area contributed by atoms with E-state index < -0.39 is 0 Å². The standard InChI is InChI=1S/C22H24N4O2/c1-15(27)25-12-11-21-20(14-25)22(17-5-7-18(23)8-6-17)24-26(21)13-16-3-9-19(28-2)10-4-16/h3-10H,11-14,23H2,1-2H3. The highest BCUT2D eigenvalue weighted by Crippen LogP contribution is 2.31. The van der Waals surface area contributed by atoms with Crippen molar-refractivity contribution in [2.75, 3.05) is 19.4 Å². The Morgan fingerprint density at radius 3 is 2.50 bits per heavy atom. The molecule has 4 rings (SSSR count). The van der Waals surface area contributed by atoms with Crippen LogP contribution in [0.3, 0.4) is 0 Å². The lowest BCUT2D eigenvalue weighted by Gasteiger charge is -2.27. The van der Waals surface area contributed by atoms with Gasteiger partial charge in [0.2, 0.25) is 5.91 Å². The first-order valence-corrected chi connectivity index (χ1v) is 9.38. The number of carbonyl (C=O) groups excluding carboxylic acids is 1. The highest BCUT2D eigenvalue weighted by Gasteiger charge is 2.26. The third kappa shape index (κ3) is 3.45. The van der Waals surface area contributed by atoms with E-state index in [1.54, 1.807) is 14.0 Å². The van der Waals surface area contributed by atoms with Crippen LogP contribution in [-0.4, -0.2) is 34.2 Å². The van der Waals surface area contributed by atoms with E-state index in [1.165, 1.54) is 5.69 Å². The summed E-state index contributed by atoms with van der Waals surface area (Å²) in [7, 11) is 1.67. The first-order valence-electron chi connectivity index (χ1n) is 9.38. The number of aromatic nitrogens is 2. The maximum absolute atomic E-state index is 11.9. The fraction of sp³-hybridized carbons (Fsp3) is 0.273. The number of benzene rings is 2. The molecule has 0 saturated carbocycles. The molecule has 1 amide bonds. The van der Waals surface area contributed by atoms with Gasteiger partial charge >= 0.3 is 0 Å². The van der Waals surface area contributed by atoms with E-state index in [0.29, 0.717) is 13.1 Å². The highest BCUT2D eigenvalue weighted by atomic mass is 16.5. The molecule has 0 aliphatic carbocycles. The summed E-state index contributed by atoms with van der Waals surface area (Å²) >= 11 is 0. The smallest absolute Gasteiger partial charge is 0.219 e. The molecule has 0 saturated heterocycles. The normalized spacial score (nSPS) is 13.3. The summed E-state index contributed by atoms with van der Waals surface area (Å²) in [6.07, 6.45) is 0.799. The zero-order chi connectivity index (χ0) is 19.7. The average molecular weight is 376 g/mol. The summed E-state index contributed by atoms with van der Waals surface area (Å²) in [6.45, 7) is 3.61. The zero-order valence-corrected chi connectivity index (χ0v) is 16.2. The predicted octanol–water partition coefficient (Wildman–Crippen LogP) is 3.09. The molecular weight excluding hydrogens is 352 g/mol. The molecule has 1 aliphatic rings. The van der Waals surface area contributed by atoms with Gasteiger partial charge < -0.3 is 15.4 Å². The summed E-state index contributed by atoms with van der Waals surface area (Å²) in [5, 5.41) is 4.93. The van der Waals surface area contributed by atoms with Gasteiger partial charge in [0.05, 0.1) is 19.3 Å². The number of hydrogen-bond donors (Lipinski definition) is 1. The van der Waals surface area contributed by atoms with Crippen LogP contribution >= 0.6 is 0 Å². The van der Waals surface area contributed by atoms with E-state index in [9.17, 15) is 4.79 Å². The molecule has 3 aromatic rings. The number of fused-ring (bicyclic) bond motifs is 1. The monoisotopic (exact) mass is 376 g/mol. The fourth-order valence-electron chi connectivity index (χ4n) is 3.67. The van der Waals surface area contributed by atoms with Crippen molar-refractivity contribution in [1.82, 2.24) is 14.7 Å². The second-order valence-corrected chi connectivity index (χ2v) is 7.09. The number of hydrogen-bond acceptors (Lipinski definition) is 4. The van der Waals surface area contributed by atoms with Gasteiger partial charge in [0.15, 0.2) is 0 Å². The van der Waals surface area contributed by atoms with Crippen LogP contribution < -0.4 is 10.5 Å². The zero-order valence-electron chi connectivity index (χ0n) is 16.2. The minimum atomic E-state index is 0.0943. The average Bonchev–Trinajstić information content (AvgIpc) is 3.07. The molecule has 6 heteroatoms. The Morgan fingerprint density at radius 1 is 1.14 bits per heavy atom. The number of anilines is 1. The molecule has 0 atom stereocenters. The summed E-state index contributed by atoms with van der Waals surface area (Å²) in [4.78, 5) is 13.8. The molecule has 0 fully saturated rings. The maximum atomic E-state index is 11.9. The number of rotatable bonds is 4. The van der Waals surface area contributed by atoms with Crippen molar-refractivity contribution in [3.63, 3.8) is 0 Å². The second kappa shape index (κ2) is 7.38. The first-order chi connectivity index (χ1) is 13.5. The van der Waals surface area contributed by atoms with Crippen molar-refractivity contribution in [3.05, 3.63) is 65.4 Å². The van der Waals surface area contributed by atoms with Crippen LogP contribution in [0.15, 0.2) is 48.5 Å². The van der Waals surface area contributed by atoms with Gasteiger partial charge in [-0.3, -0.25) is 9.48 Å². The third-order valence-electron chi connectivity index (χ3n) is 5.25. The van der Waals surface area contributed by atoms with Crippen molar-refractivity contribution in [2.45, 2.75) is 26.4 Å². The summed E-state index contributed by atoms with van der Waals surface area (Å²) in [5.74, 6) is 0.933. The number of nitrogens with zero attached hydrogens (tertiary/aromatic N) is 3. The lowest BCUT2D eigenvalue weighted by molar-refractivity contribution is -0.129. The van der Waals surface area contributed by atoms with Crippen LogP contribution in [0.4, 0.5) is 5.69 Å². The van der Waals surface area contributed by atoms with E-state index >= 15 is 0 Å². The summed E-state index contributed by atoms with van der Waals surface area (Å²) in [5.41, 5.74) is 12.0. The Kier molecular flexibility index (Phi) is 4.77. The van der Waals surface area contributed by atoms with Gasteiger partial charge in [-0.1, -0.05) is 24.3 Å².